The lowest BCUT2D eigenvalue weighted by Gasteiger charge is -2.27. The predicted octanol–water partition coefficient (Wildman–Crippen LogP) is 3.77. The summed E-state index contributed by atoms with van der Waals surface area (Å²) in [5, 5.41) is 0.107. The molecule has 0 aromatic carbocycles. The summed E-state index contributed by atoms with van der Waals surface area (Å²) in [4.78, 5) is 0. The van der Waals surface area contributed by atoms with Crippen LogP contribution in [0.15, 0.2) is 23.3 Å². The monoisotopic (exact) mass is 260 g/mol. The van der Waals surface area contributed by atoms with Crippen LogP contribution < -0.4 is 0 Å². The van der Waals surface area contributed by atoms with Crippen molar-refractivity contribution in [3.05, 3.63) is 23.3 Å². The summed E-state index contributed by atoms with van der Waals surface area (Å²) in [6.45, 7) is 0. The summed E-state index contributed by atoms with van der Waals surface area (Å²) < 4.78 is 35.0. The maximum Gasteiger partial charge on any atom is 0.407 e. The van der Waals surface area contributed by atoms with Gasteiger partial charge in [-0.05, 0) is 18.6 Å². The van der Waals surface area contributed by atoms with Gasteiger partial charge in [0.05, 0.1) is 0 Å². The van der Waals surface area contributed by atoms with Crippen LogP contribution in [0.2, 0.25) is 0 Å². The second-order valence-corrected chi connectivity index (χ2v) is 4.35. The molecule has 5 heteroatoms. The van der Waals surface area contributed by atoms with E-state index in [9.17, 15) is 13.2 Å². The van der Waals surface area contributed by atoms with Crippen molar-refractivity contribution in [2.75, 3.05) is 0 Å². The second-order valence-electron chi connectivity index (χ2n) is 2.50. The van der Waals surface area contributed by atoms with Crippen molar-refractivity contribution in [3.63, 3.8) is 0 Å². The molecule has 0 aromatic heterocycles. The third kappa shape index (κ3) is 1.85. The molecule has 0 fully saturated rings. The highest BCUT2D eigenvalue weighted by molar-refractivity contribution is 9.10. The maximum atomic E-state index is 12.3. The molecule has 0 aliphatic heterocycles. The molecule has 1 atom stereocenters. The Hall–Kier alpha value is 0.0400. The van der Waals surface area contributed by atoms with Crippen LogP contribution in [0.1, 0.15) is 6.42 Å². The van der Waals surface area contributed by atoms with Gasteiger partial charge in [-0.3, -0.25) is 0 Å². The average molecular weight is 261 g/mol. The zero-order chi connectivity index (χ0) is 9.41. The highest BCUT2D eigenvalue weighted by Crippen LogP contribution is 2.44. The van der Waals surface area contributed by atoms with E-state index in [1.165, 1.54) is 12.2 Å². The Balaban J connectivity index is 2.95. The molecule has 0 spiro atoms. The zero-order valence-corrected chi connectivity index (χ0v) is 8.17. The topological polar surface area (TPSA) is 0 Å². The van der Waals surface area contributed by atoms with E-state index in [-0.39, 0.29) is 11.5 Å². The van der Waals surface area contributed by atoms with Crippen molar-refractivity contribution in [2.45, 2.75) is 16.9 Å². The molecule has 68 valence electrons. The Morgan fingerprint density at radius 1 is 1.50 bits per heavy atom. The fourth-order valence-electron chi connectivity index (χ4n) is 0.866. The summed E-state index contributed by atoms with van der Waals surface area (Å²) in [5.74, 6) is 0. The number of rotatable bonds is 0. The minimum Gasteiger partial charge on any atom is -0.169 e. The van der Waals surface area contributed by atoms with Gasteiger partial charge in [-0.15, -0.1) is 0 Å². The first kappa shape index (κ1) is 10.1. The van der Waals surface area contributed by atoms with Crippen molar-refractivity contribution in [2.24, 2.45) is 0 Å². The molecule has 1 aliphatic rings. The lowest BCUT2D eigenvalue weighted by molar-refractivity contribution is -0.145. The van der Waals surface area contributed by atoms with Crippen LogP contribution in [0.4, 0.5) is 13.2 Å². The molecule has 1 aliphatic carbocycles. The predicted molar refractivity (Wildman–Crippen MR) is 45.4 cm³/mol. The molecule has 0 heterocycles. The number of alkyl halides is 4. The molecule has 12 heavy (non-hydrogen) atoms. The summed E-state index contributed by atoms with van der Waals surface area (Å²) in [7, 11) is 0. The molecule has 1 unspecified atom stereocenters. The number of hydrogen-bond donors (Lipinski definition) is 0. The van der Waals surface area contributed by atoms with E-state index >= 15 is 0 Å². The minimum atomic E-state index is -4.31. The Bertz CT molecular complexity index is 244. The molecule has 0 amide bonds. The Morgan fingerprint density at radius 3 is 2.42 bits per heavy atom. The van der Waals surface area contributed by atoms with E-state index < -0.39 is 10.5 Å². The first-order valence-electron chi connectivity index (χ1n) is 3.16. The smallest absolute Gasteiger partial charge is 0.169 e. The lowest BCUT2D eigenvalue weighted by Crippen LogP contribution is -2.37. The maximum absolute atomic E-state index is 12.3. The van der Waals surface area contributed by atoms with Gasteiger partial charge < -0.3 is 0 Å². The third-order valence-electron chi connectivity index (χ3n) is 1.53. The van der Waals surface area contributed by atoms with Crippen molar-refractivity contribution < 1.29 is 13.2 Å². The van der Waals surface area contributed by atoms with E-state index in [2.05, 4.69) is 15.9 Å². The SMILES string of the molecule is FC(F)(F)C1(Br)C=C(Cl)C=CC1. The second kappa shape index (κ2) is 3.07. The number of allylic oxidation sites excluding steroid dienone is 4. The Labute approximate surface area is 81.2 Å². The van der Waals surface area contributed by atoms with E-state index in [4.69, 9.17) is 11.6 Å². The van der Waals surface area contributed by atoms with E-state index in [1.807, 2.05) is 0 Å². The van der Waals surface area contributed by atoms with Gasteiger partial charge in [0.25, 0.3) is 0 Å². The van der Waals surface area contributed by atoms with Crippen LogP contribution in [-0.2, 0) is 0 Å². The Morgan fingerprint density at radius 2 is 2.08 bits per heavy atom. The van der Waals surface area contributed by atoms with Gasteiger partial charge in [-0.1, -0.05) is 33.6 Å². The fourth-order valence-corrected chi connectivity index (χ4v) is 1.71. The van der Waals surface area contributed by atoms with Crippen LogP contribution in [0.5, 0.6) is 0 Å². The number of hydrogen-bond acceptors (Lipinski definition) is 0. The molecule has 0 nitrogen and oxygen atoms in total. The first-order valence-corrected chi connectivity index (χ1v) is 4.33. The fraction of sp³-hybridized carbons (Fsp3) is 0.429. The van der Waals surface area contributed by atoms with Crippen molar-refractivity contribution in [3.8, 4) is 0 Å². The van der Waals surface area contributed by atoms with Crippen LogP contribution in [0, 0.1) is 0 Å². The molecule has 0 saturated heterocycles. The molecule has 0 N–H and O–H groups in total. The highest BCUT2D eigenvalue weighted by atomic mass is 79.9. The minimum absolute atomic E-state index is 0.107. The highest BCUT2D eigenvalue weighted by Gasteiger charge is 2.51. The molecule has 0 bridgehead atoms. The van der Waals surface area contributed by atoms with Crippen molar-refractivity contribution in [1.29, 1.82) is 0 Å². The van der Waals surface area contributed by atoms with Gasteiger partial charge in [0.2, 0.25) is 0 Å². The van der Waals surface area contributed by atoms with E-state index in [0.717, 1.165) is 6.08 Å². The average Bonchev–Trinajstić information content (AvgIpc) is 1.83. The van der Waals surface area contributed by atoms with Crippen LogP contribution in [0.3, 0.4) is 0 Å². The summed E-state index contributed by atoms with van der Waals surface area (Å²) in [6, 6.07) is 0. The summed E-state index contributed by atoms with van der Waals surface area (Å²) in [5.41, 5.74) is 0. The van der Waals surface area contributed by atoms with E-state index in [1.54, 1.807) is 0 Å². The number of halogens is 5. The molecule has 0 aromatic rings. The third-order valence-corrected chi connectivity index (χ3v) is 2.77. The van der Waals surface area contributed by atoms with Crippen LogP contribution in [0.25, 0.3) is 0 Å². The molecular weight excluding hydrogens is 256 g/mol. The van der Waals surface area contributed by atoms with Gasteiger partial charge in [0, 0.05) is 5.03 Å². The van der Waals surface area contributed by atoms with Crippen molar-refractivity contribution in [1.82, 2.24) is 0 Å². The van der Waals surface area contributed by atoms with Gasteiger partial charge >= 0.3 is 6.18 Å². The zero-order valence-electron chi connectivity index (χ0n) is 5.83. The lowest BCUT2D eigenvalue weighted by atomic mass is 10.0. The van der Waals surface area contributed by atoms with Gasteiger partial charge in [-0.2, -0.15) is 13.2 Å². The summed E-state index contributed by atoms with van der Waals surface area (Å²) in [6.07, 6.45) is -0.615. The largest absolute Gasteiger partial charge is 0.407 e. The summed E-state index contributed by atoms with van der Waals surface area (Å²) >= 11 is 8.07. The molecular formula is C7H5BrClF3. The Kier molecular flexibility index (Phi) is 2.59. The van der Waals surface area contributed by atoms with Gasteiger partial charge in [-0.25, -0.2) is 0 Å². The molecule has 1 rings (SSSR count). The molecule has 0 radical (unpaired) electrons. The van der Waals surface area contributed by atoms with Gasteiger partial charge in [0.15, 0.2) is 0 Å². The normalized spacial score (nSPS) is 30.2. The van der Waals surface area contributed by atoms with Crippen LogP contribution in [-0.4, -0.2) is 10.5 Å². The van der Waals surface area contributed by atoms with Crippen LogP contribution >= 0.6 is 27.5 Å². The quantitative estimate of drug-likeness (QED) is 0.582. The van der Waals surface area contributed by atoms with E-state index in [0.29, 0.717) is 0 Å². The van der Waals surface area contributed by atoms with Gasteiger partial charge in [0.1, 0.15) is 4.32 Å². The van der Waals surface area contributed by atoms with Crippen molar-refractivity contribution >= 4 is 27.5 Å². The first-order chi connectivity index (χ1) is 5.35. The molecule has 0 saturated carbocycles. The standard InChI is InChI=1S/C7H5BrClF3/c8-6(7(10,11)12)3-1-2-5(9)4-6/h1-2,4H,3H2.